The summed E-state index contributed by atoms with van der Waals surface area (Å²) in [6, 6.07) is 3.38. The van der Waals surface area contributed by atoms with E-state index < -0.39 is 17.8 Å². The van der Waals surface area contributed by atoms with Gasteiger partial charge >= 0.3 is 6.18 Å². The van der Waals surface area contributed by atoms with Crippen LogP contribution in [0.5, 0.6) is 0 Å². The molecule has 0 aliphatic heterocycles. The third-order valence-electron chi connectivity index (χ3n) is 3.95. The summed E-state index contributed by atoms with van der Waals surface area (Å²) < 4.78 is 38.6. The number of alkyl halides is 3. The molecule has 25 heavy (non-hydrogen) atoms. The molecule has 0 aromatic carbocycles. The standard InChI is InChI=1S/C16H15F3N4O2/c17-16(18,19)13-5-4-11(9-21-13)15(25)20-6-7-23-14(24)8-10-2-1-3-12(10)22-23/h4-5,8-9H,1-3,6-7H2,(H,20,25). The lowest BCUT2D eigenvalue weighted by Crippen LogP contribution is -2.32. The van der Waals surface area contributed by atoms with Crippen LogP contribution in [-0.2, 0) is 25.6 Å². The van der Waals surface area contributed by atoms with E-state index in [1.165, 1.54) is 4.68 Å². The number of nitrogens with zero attached hydrogens (tertiary/aromatic N) is 3. The largest absolute Gasteiger partial charge is 0.433 e. The van der Waals surface area contributed by atoms with Gasteiger partial charge in [-0.05, 0) is 37.0 Å². The van der Waals surface area contributed by atoms with Crippen LogP contribution in [-0.4, -0.2) is 27.2 Å². The number of amides is 1. The van der Waals surface area contributed by atoms with Gasteiger partial charge in [-0.3, -0.25) is 14.6 Å². The van der Waals surface area contributed by atoms with E-state index in [1.54, 1.807) is 6.07 Å². The molecular formula is C16H15F3N4O2. The quantitative estimate of drug-likeness (QED) is 0.906. The highest BCUT2D eigenvalue weighted by Gasteiger charge is 2.32. The van der Waals surface area contributed by atoms with Gasteiger partial charge in [0, 0.05) is 18.8 Å². The Kier molecular flexibility index (Phi) is 4.56. The lowest BCUT2D eigenvalue weighted by Gasteiger charge is -2.09. The predicted octanol–water partition coefficient (Wildman–Crippen LogP) is 1.58. The second kappa shape index (κ2) is 6.66. The van der Waals surface area contributed by atoms with Gasteiger partial charge in [-0.15, -0.1) is 0 Å². The summed E-state index contributed by atoms with van der Waals surface area (Å²) in [5, 5.41) is 6.82. The molecule has 1 N–H and O–H groups in total. The lowest BCUT2D eigenvalue weighted by molar-refractivity contribution is -0.141. The molecule has 0 atom stereocenters. The van der Waals surface area contributed by atoms with Crippen LogP contribution in [0.2, 0.25) is 0 Å². The van der Waals surface area contributed by atoms with Crippen molar-refractivity contribution in [2.45, 2.75) is 32.0 Å². The minimum Gasteiger partial charge on any atom is -0.350 e. The average molecular weight is 352 g/mol. The second-order valence-corrected chi connectivity index (χ2v) is 5.72. The Labute approximate surface area is 140 Å². The van der Waals surface area contributed by atoms with Crippen LogP contribution < -0.4 is 10.9 Å². The highest BCUT2D eigenvalue weighted by molar-refractivity contribution is 5.93. The summed E-state index contributed by atoms with van der Waals surface area (Å²) in [7, 11) is 0. The van der Waals surface area contributed by atoms with Crippen molar-refractivity contribution in [2.24, 2.45) is 0 Å². The van der Waals surface area contributed by atoms with Crippen LogP contribution in [0.1, 0.15) is 33.7 Å². The number of aryl methyl sites for hydroxylation is 2. The van der Waals surface area contributed by atoms with E-state index >= 15 is 0 Å². The molecule has 0 spiro atoms. The van der Waals surface area contributed by atoms with E-state index in [2.05, 4.69) is 15.4 Å². The minimum absolute atomic E-state index is 0.0160. The zero-order valence-electron chi connectivity index (χ0n) is 13.1. The lowest BCUT2D eigenvalue weighted by atomic mass is 10.2. The van der Waals surface area contributed by atoms with Crippen molar-refractivity contribution >= 4 is 5.91 Å². The molecule has 0 saturated heterocycles. The van der Waals surface area contributed by atoms with Gasteiger partial charge in [0.05, 0.1) is 17.8 Å². The van der Waals surface area contributed by atoms with Crippen LogP contribution in [0.3, 0.4) is 0 Å². The number of nitrogens with one attached hydrogen (secondary N) is 1. The fourth-order valence-corrected chi connectivity index (χ4v) is 2.67. The Morgan fingerprint density at radius 1 is 1.28 bits per heavy atom. The number of carbonyl (C=O) groups excluding carboxylic acids is 1. The summed E-state index contributed by atoms with van der Waals surface area (Å²) in [4.78, 5) is 27.1. The fourth-order valence-electron chi connectivity index (χ4n) is 2.67. The summed E-state index contributed by atoms with van der Waals surface area (Å²) in [6.07, 6.45) is -1.01. The van der Waals surface area contributed by atoms with E-state index in [0.717, 1.165) is 48.8 Å². The number of hydrogen-bond acceptors (Lipinski definition) is 4. The monoisotopic (exact) mass is 352 g/mol. The maximum absolute atomic E-state index is 12.4. The van der Waals surface area contributed by atoms with Gasteiger partial charge in [-0.1, -0.05) is 0 Å². The molecule has 132 valence electrons. The first kappa shape index (κ1) is 17.1. The van der Waals surface area contributed by atoms with E-state index in [4.69, 9.17) is 0 Å². The highest BCUT2D eigenvalue weighted by atomic mass is 19.4. The predicted molar refractivity (Wildman–Crippen MR) is 82.1 cm³/mol. The van der Waals surface area contributed by atoms with E-state index in [-0.39, 0.29) is 24.2 Å². The van der Waals surface area contributed by atoms with Crippen molar-refractivity contribution in [3.05, 3.63) is 57.3 Å². The first-order valence-corrected chi connectivity index (χ1v) is 7.76. The maximum atomic E-state index is 12.4. The molecule has 0 unspecified atom stereocenters. The Hall–Kier alpha value is -2.71. The summed E-state index contributed by atoms with van der Waals surface area (Å²) in [5.74, 6) is -0.560. The second-order valence-electron chi connectivity index (χ2n) is 5.72. The van der Waals surface area contributed by atoms with Gasteiger partial charge in [-0.2, -0.15) is 18.3 Å². The smallest absolute Gasteiger partial charge is 0.350 e. The molecule has 1 aliphatic rings. The number of carbonyl (C=O) groups is 1. The molecule has 0 bridgehead atoms. The number of pyridine rings is 1. The normalized spacial score (nSPS) is 13.6. The molecule has 1 amide bonds. The fraction of sp³-hybridized carbons (Fsp3) is 0.375. The van der Waals surface area contributed by atoms with Crippen LogP contribution in [0.25, 0.3) is 0 Å². The van der Waals surface area contributed by atoms with Crippen molar-refractivity contribution in [2.75, 3.05) is 6.54 Å². The molecule has 3 rings (SSSR count). The van der Waals surface area contributed by atoms with E-state index in [0.29, 0.717) is 0 Å². The summed E-state index contributed by atoms with van der Waals surface area (Å²) in [6.45, 7) is 0.317. The van der Waals surface area contributed by atoms with Crippen molar-refractivity contribution in [1.82, 2.24) is 20.1 Å². The zero-order chi connectivity index (χ0) is 18.0. The Morgan fingerprint density at radius 2 is 2.08 bits per heavy atom. The van der Waals surface area contributed by atoms with Gasteiger partial charge in [0.15, 0.2) is 0 Å². The van der Waals surface area contributed by atoms with Gasteiger partial charge in [-0.25, -0.2) is 4.68 Å². The SMILES string of the molecule is O=C(NCCn1nc2c(cc1=O)CCC2)c1ccc(C(F)(F)F)nc1. The molecule has 1 aliphatic carbocycles. The molecule has 6 nitrogen and oxygen atoms in total. The Morgan fingerprint density at radius 3 is 2.76 bits per heavy atom. The Bertz CT molecular complexity index is 844. The molecule has 0 saturated carbocycles. The molecule has 0 fully saturated rings. The van der Waals surface area contributed by atoms with Gasteiger partial charge in [0.2, 0.25) is 0 Å². The number of halogens is 3. The van der Waals surface area contributed by atoms with Crippen LogP contribution in [0.4, 0.5) is 13.2 Å². The third-order valence-corrected chi connectivity index (χ3v) is 3.95. The molecule has 2 aromatic heterocycles. The number of fused-ring (bicyclic) bond motifs is 1. The number of hydrogen-bond donors (Lipinski definition) is 1. The van der Waals surface area contributed by atoms with E-state index in [1.807, 2.05) is 0 Å². The zero-order valence-corrected chi connectivity index (χ0v) is 13.1. The third kappa shape index (κ3) is 3.86. The van der Waals surface area contributed by atoms with Gasteiger partial charge in [0.25, 0.3) is 11.5 Å². The van der Waals surface area contributed by atoms with Crippen molar-refractivity contribution in [1.29, 1.82) is 0 Å². The topological polar surface area (TPSA) is 76.9 Å². The number of rotatable bonds is 4. The van der Waals surface area contributed by atoms with Gasteiger partial charge < -0.3 is 5.32 Å². The van der Waals surface area contributed by atoms with Gasteiger partial charge in [0.1, 0.15) is 5.69 Å². The van der Waals surface area contributed by atoms with Crippen LogP contribution >= 0.6 is 0 Å². The average Bonchev–Trinajstić information content (AvgIpc) is 3.01. The van der Waals surface area contributed by atoms with E-state index in [9.17, 15) is 22.8 Å². The number of aromatic nitrogens is 3. The first-order chi connectivity index (χ1) is 11.8. The minimum atomic E-state index is -4.55. The van der Waals surface area contributed by atoms with Crippen LogP contribution in [0.15, 0.2) is 29.2 Å². The maximum Gasteiger partial charge on any atom is 0.433 e. The molecule has 2 aromatic rings. The van der Waals surface area contributed by atoms with Crippen LogP contribution in [0, 0.1) is 0 Å². The summed E-state index contributed by atoms with van der Waals surface area (Å²) in [5.41, 5.74) is 0.602. The van der Waals surface area contributed by atoms with Crippen molar-refractivity contribution < 1.29 is 18.0 Å². The van der Waals surface area contributed by atoms with Crippen molar-refractivity contribution in [3.8, 4) is 0 Å². The molecule has 0 radical (unpaired) electrons. The highest BCUT2D eigenvalue weighted by Crippen LogP contribution is 2.27. The summed E-state index contributed by atoms with van der Waals surface area (Å²) >= 11 is 0. The Balaban J connectivity index is 1.59. The molecule has 9 heteroatoms. The molecule has 2 heterocycles. The van der Waals surface area contributed by atoms with Crippen molar-refractivity contribution in [3.63, 3.8) is 0 Å². The first-order valence-electron chi connectivity index (χ1n) is 7.76. The molecular weight excluding hydrogens is 337 g/mol.